The van der Waals surface area contributed by atoms with Gasteiger partial charge in [0.25, 0.3) is 0 Å². The summed E-state index contributed by atoms with van der Waals surface area (Å²) in [5.74, 6) is 0. The lowest BCUT2D eigenvalue weighted by Crippen LogP contribution is -1.94. The third-order valence-electron chi connectivity index (χ3n) is 2.65. The van der Waals surface area contributed by atoms with E-state index in [-0.39, 0.29) is 0 Å². The molecule has 0 amide bonds. The molecule has 1 nitrogen and oxygen atoms in total. The molecule has 0 atom stereocenters. The number of hydrogen-bond donors (Lipinski definition) is 0. The highest BCUT2D eigenvalue weighted by atomic mass is 79.9. The molecule has 0 fully saturated rings. The number of hydrogen-bond acceptors (Lipinski definition) is 1. The quantitative estimate of drug-likeness (QED) is 0.746. The van der Waals surface area contributed by atoms with Crippen LogP contribution in [-0.4, -0.2) is 4.98 Å². The number of pyridine rings is 1. The molecule has 16 heavy (non-hydrogen) atoms. The van der Waals surface area contributed by atoms with Gasteiger partial charge in [0.2, 0.25) is 0 Å². The smallest absolute Gasteiger partial charge is 0.0848 e. The van der Waals surface area contributed by atoms with E-state index in [1.165, 1.54) is 10.9 Å². The molecule has 3 heteroatoms. The molecular weight excluding hydrogens is 330 g/mol. The molecule has 0 bridgehead atoms. The van der Waals surface area contributed by atoms with E-state index in [2.05, 4.69) is 62.8 Å². The molecule has 0 saturated carbocycles. The normalized spacial score (nSPS) is 11.0. The number of aromatic nitrogens is 1. The predicted molar refractivity (Wildman–Crippen MR) is 75.9 cm³/mol. The molecule has 0 spiro atoms. The molecule has 2 rings (SSSR count). The minimum absolute atomic E-state index is 1.04. The Morgan fingerprint density at radius 2 is 1.94 bits per heavy atom. The summed E-state index contributed by atoms with van der Waals surface area (Å²) in [5, 5.41) is 1.19. The molecule has 0 aliphatic rings. The Morgan fingerprint density at radius 3 is 2.62 bits per heavy atom. The topological polar surface area (TPSA) is 12.9 Å². The van der Waals surface area contributed by atoms with E-state index >= 15 is 0 Å². The molecule has 0 N–H and O–H groups in total. The van der Waals surface area contributed by atoms with Crippen LogP contribution in [0.2, 0.25) is 0 Å². The molecule has 1 aromatic heterocycles. The predicted octanol–water partition coefficient (Wildman–Crippen LogP) is 5.02. The summed E-state index contributed by atoms with van der Waals surface area (Å²) in [6.45, 7) is 4.28. The lowest BCUT2D eigenvalue weighted by atomic mass is 10.1. The highest BCUT2D eigenvalue weighted by Crippen LogP contribution is 2.28. The van der Waals surface area contributed by atoms with Gasteiger partial charge < -0.3 is 0 Å². The van der Waals surface area contributed by atoms with Crippen molar-refractivity contribution in [2.75, 3.05) is 0 Å². The van der Waals surface area contributed by atoms with Crippen LogP contribution in [0.3, 0.4) is 0 Å². The fourth-order valence-electron chi connectivity index (χ4n) is 1.87. The molecule has 1 aromatic carbocycles. The maximum atomic E-state index is 4.67. The first kappa shape index (κ1) is 12.1. The molecule has 84 valence electrons. The van der Waals surface area contributed by atoms with E-state index in [9.17, 15) is 0 Å². The van der Waals surface area contributed by atoms with Crippen molar-refractivity contribution in [2.24, 2.45) is 0 Å². The number of fused-ring (bicyclic) bond motifs is 1. The minimum Gasteiger partial charge on any atom is -0.252 e. The Hall–Kier alpha value is -0.410. The van der Waals surface area contributed by atoms with Crippen LogP contribution in [0.15, 0.2) is 27.1 Å². The Bertz CT molecular complexity index is 535. The molecule has 0 saturated heterocycles. The number of halogens is 2. The summed E-state index contributed by atoms with van der Waals surface area (Å²) in [6.07, 6.45) is 2.25. The maximum absolute atomic E-state index is 4.67. The van der Waals surface area contributed by atoms with Crippen molar-refractivity contribution in [3.63, 3.8) is 0 Å². The van der Waals surface area contributed by atoms with Gasteiger partial charge in [-0.25, -0.2) is 0 Å². The zero-order valence-corrected chi connectivity index (χ0v) is 12.5. The van der Waals surface area contributed by atoms with E-state index in [0.29, 0.717) is 0 Å². The zero-order valence-electron chi connectivity index (χ0n) is 9.35. The standard InChI is InChI=1S/C13H13Br2N/c1-3-4-9-5-10-6-11(14)7-12(15)13(10)16-8(9)2/h5-7H,3-4H2,1-2H3. The van der Waals surface area contributed by atoms with Gasteiger partial charge in [0, 0.05) is 20.0 Å². The molecule has 0 aliphatic heterocycles. The highest BCUT2D eigenvalue weighted by Gasteiger charge is 2.06. The number of rotatable bonds is 2. The summed E-state index contributed by atoms with van der Waals surface area (Å²) in [7, 11) is 0. The van der Waals surface area contributed by atoms with Crippen molar-refractivity contribution in [3.8, 4) is 0 Å². The van der Waals surface area contributed by atoms with Crippen molar-refractivity contribution < 1.29 is 0 Å². The van der Waals surface area contributed by atoms with E-state index in [4.69, 9.17) is 0 Å². The van der Waals surface area contributed by atoms with Crippen LogP contribution >= 0.6 is 31.9 Å². The van der Waals surface area contributed by atoms with Crippen LogP contribution in [0.25, 0.3) is 10.9 Å². The minimum atomic E-state index is 1.04. The van der Waals surface area contributed by atoms with Gasteiger partial charge in [0.15, 0.2) is 0 Å². The van der Waals surface area contributed by atoms with E-state index < -0.39 is 0 Å². The van der Waals surface area contributed by atoms with Crippen molar-refractivity contribution >= 4 is 42.8 Å². The first-order valence-corrected chi connectivity index (χ1v) is 6.95. The third-order valence-corrected chi connectivity index (χ3v) is 3.71. The van der Waals surface area contributed by atoms with Crippen LogP contribution < -0.4 is 0 Å². The van der Waals surface area contributed by atoms with Crippen molar-refractivity contribution in [3.05, 3.63) is 38.4 Å². The fraction of sp³-hybridized carbons (Fsp3) is 0.308. The largest absolute Gasteiger partial charge is 0.252 e. The van der Waals surface area contributed by atoms with Crippen LogP contribution in [-0.2, 0) is 6.42 Å². The first-order valence-electron chi connectivity index (χ1n) is 5.37. The summed E-state index contributed by atoms with van der Waals surface area (Å²) in [4.78, 5) is 4.67. The van der Waals surface area contributed by atoms with Gasteiger partial charge in [-0.05, 0) is 53.0 Å². The Kier molecular flexibility index (Phi) is 3.65. The average Bonchev–Trinajstić information content (AvgIpc) is 2.21. The molecular formula is C13H13Br2N. The summed E-state index contributed by atoms with van der Waals surface area (Å²) < 4.78 is 2.13. The SMILES string of the molecule is CCCc1cc2cc(Br)cc(Br)c2nc1C. The maximum Gasteiger partial charge on any atom is 0.0848 e. The van der Waals surface area contributed by atoms with Gasteiger partial charge in [-0.2, -0.15) is 0 Å². The first-order chi connectivity index (χ1) is 7.61. The Morgan fingerprint density at radius 1 is 1.19 bits per heavy atom. The van der Waals surface area contributed by atoms with E-state index in [1.807, 2.05) is 6.07 Å². The van der Waals surface area contributed by atoms with Gasteiger partial charge in [-0.3, -0.25) is 4.98 Å². The van der Waals surface area contributed by atoms with Crippen LogP contribution in [0.4, 0.5) is 0 Å². The Labute approximate surface area is 113 Å². The second-order valence-electron chi connectivity index (χ2n) is 3.94. The van der Waals surface area contributed by atoms with Gasteiger partial charge in [0.05, 0.1) is 5.52 Å². The zero-order chi connectivity index (χ0) is 11.7. The van der Waals surface area contributed by atoms with Gasteiger partial charge in [0.1, 0.15) is 0 Å². The molecule has 2 aromatic rings. The molecule has 0 radical (unpaired) electrons. The molecule has 0 unspecified atom stereocenters. The van der Waals surface area contributed by atoms with Crippen LogP contribution in [0.5, 0.6) is 0 Å². The number of nitrogens with zero attached hydrogens (tertiary/aromatic N) is 1. The summed E-state index contributed by atoms with van der Waals surface area (Å²) in [6, 6.07) is 6.40. The van der Waals surface area contributed by atoms with Crippen molar-refractivity contribution in [2.45, 2.75) is 26.7 Å². The van der Waals surface area contributed by atoms with Crippen molar-refractivity contribution in [1.82, 2.24) is 4.98 Å². The van der Waals surface area contributed by atoms with Gasteiger partial charge >= 0.3 is 0 Å². The lowest BCUT2D eigenvalue weighted by molar-refractivity contribution is 0.904. The monoisotopic (exact) mass is 341 g/mol. The highest BCUT2D eigenvalue weighted by molar-refractivity contribution is 9.11. The second-order valence-corrected chi connectivity index (χ2v) is 5.71. The number of aryl methyl sites for hydroxylation is 2. The summed E-state index contributed by atoms with van der Waals surface area (Å²) in [5.41, 5.74) is 3.53. The van der Waals surface area contributed by atoms with E-state index in [0.717, 1.165) is 33.0 Å². The fourth-order valence-corrected chi connectivity index (χ4v) is 3.21. The summed E-state index contributed by atoms with van der Waals surface area (Å²) >= 11 is 7.06. The average molecular weight is 343 g/mol. The lowest BCUT2D eigenvalue weighted by Gasteiger charge is -2.08. The van der Waals surface area contributed by atoms with Crippen LogP contribution in [0, 0.1) is 6.92 Å². The van der Waals surface area contributed by atoms with Crippen molar-refractivity contribution in [1.29, 1.82) is 0 Å². The Balaban J connectivity index is 2.69. The number of benzene rings is 1. The van der Waals surface area contributed by atoms with Gasteiger partial charge in [-0.15, -0.1) is 0 Å². The van der Waals surface area contributed by atoms with E-state index in [1.54, 1.807) is 0 Å². The second kappa shape index (κ2) is 4.84. The molecule has 1 heterocycles. The molecule has 0 aliphatic carbocycles. The van der Waals surface area contributed by atoms with Gasteiger partial charge in [-0.1, -0.05) is 29.3 Å². The van der Waals surface area contributed by atoms with Crippen LogP contribution in [0.1, 0.15) is 24.6 Å². The third kappa shape index (κ3) is 2.30.